The van der Waals surface area contributed by atoms with Crippen LogP contribution in [0.5, 0.6) is 0 Å². The number of allylic oxidation sites excluding steroid dienone is 2. The van der Waals surface area contributed by atoms with Crippen LogP contribution in [0.2, 0.25) is 0 Å². The van der Waals surface area contributed by atoms with Crippen molar-refractivity contribution in [3.63, 3.8) is 0 Å². The van der Waals surface area contributed by atoms with Gasteiger partial charge in [0.2, 0.25) is 5.91 Å². The lowest BCUT2D eigenvalue weighted by Crippen LogP contribution is -2.28. The number of aryl methyl sites for hydroxylation is 1. The third-order valence-electron chi connectivity index (χ3n) is 6.15. The molecule has 170 valence electrons. The Morgan fingerprint density at radius 2 is 1.87 bits per heavy atom. The van der Waals surface area contributed by atoms with Gasteiger partial charge in [0.05, 0.1) is 0 Å². The standard InChI is InChI=1S/C24H33N3O2.C2H6/c1-4-16(3)23(24(29)26-14-17-7-5-15(2)6-8-17)20-12-18(13-21(20)25)11-19-9-10-22(28)27-19;1-2/h5-8,18-19H,4,9-14,25H2,1-3H3,(H,26,29)(H,27,28);1-2H3. The summed E-state index contributed by atoms with van der Waals surface area (Å²) < 4.78 is 0. The molecule has 2 unspecified atom stereocenters. The zero-order valence-electron chi connectivity index (χ0n) is 19.8. The van der Waals surface area contributed by atoms with Gasteiger partial charge in [0.1, 0.15) is 0 Å². The van der Waals surface area contributed by atoms with Crippen LogP contribution in [-0.2, 0) is 16.1 Å². The zero-order valence-corrected chi connectivity index (χ0v) is 19.8. The third kappa shape index (κ3) is 6.71. The molecule has 1 aromatic rings. The van der Waals surface area contributed by atoms with Gasteiger partial charge in [-0.05, 0) is 63.0 Å². The van der Waals surface area contributed by atoms with Crippen molar-refractivity contribution in [2.75, 3.05) is 0 Å². The zero-order chi connectivity index (χ0) is 23.0. The number of carbonyl (C=O) groups is 2. The van der Waals surface area contributed by atoms with Crippen LogP contribution in [0.15, 0.2) is 46.7 Å². The molecule has 1 saturated heterocycles. The molecule has 2 amide bonds. The fourth-order valence-electron chi connectivity index (χ4n) is 4.35. The van der Waals surface area contributed by atoms with Crippen molar-refractivity contribution in [3.05, 3.63) is 57.8 Å². The number of carbonyl (C=O) groups excluding carboxylic acids is 2. The van der Waals surface area contributed by atoms with Crippen LogP contribution in [0.1, 0.15) is 77.3 Å². The lowest BCUT2D eigenvalue weighted by molar-refractivity contribution is -0.119. The van der Waals surface area contributed by atoms with Gasteiger partial charge in [0, 0.05) is 30.3 Å². The minimum Gasteiger partial charge on any atom is -0.402 e. The van der Waals surface area contributed by atoms with Crippen LogP contribution < -0.4 is 16.4 Å². The summed E-state index contributed by atoms with van der Waals surface area (Å²) in [5.41, 5.74) is 12.3. The highest BCUT2D eigenvalue weighted by Gasteiger charge is 2.32. The maximum atomic E-state index is 13.1. The van der Waals surface area contributed by atoms with Crippen molar-refractivity contribution in [2.45, 2.75) is 85.7 Å². The summed E-state index contributed by atoms with van der Waals surface area (Å²) in [5.74, 6) is 0.489. The highest BCUT2D eigenvalue weighted by molar-refractivity contribution is 5.98. The van der Waals surface area contributed by atoms with Crippen LogP contribution in [-0.4, -0.2) is 17.9 Å². The second-order valence-corrected chi connectivity index (χ2v) is 8.49. The van der Waals surface area contributed by atoms with E-state index in [0.717, 1.165) is 60.1 Å². The van der Waals surface area contributed by atoms with E-state index in [1.165, 1.54) is 5.56 Å². The maximum absolute atomic E-state index is 13.1. The van der Waals surface area contributed by atoms with Crippen molar-refractivity contribution in [2.24, 2.45) is 11.7 Å². The fourth-order valence-corrected chi connectivity index (χ4v) is 4.35. The lowest BCUT2D eigenvalue weighted by atomic mass is 9.92. The highest BCUT2D eigenvalue weighted by Crippen LogP contribution is 2.38. The first-order valence-corrected chi connectivity index (χ1v) is 11.7. The Labute approximate surface area is 187 Å². The maximum Gasteiger partial charge on any atom is 0.251 e. The van der Waals surface area contributed by atoms with Crippen molar-refractivity contribution >= 4 is 11.8 Å². The van der Waals surface area contributed by atoms with E-state index in [9.17, 15) is 9.59 Å². The van der Waals surface area contributed by atoms with Crippen LogP contribution >= 0.6 is 0 Å². The second-order valence-electron chi connectivity index (χ2n) is 8.49. The molecule has 0 bridgehead atoms. The molecule has 4 N–H and O–H groups in total. The topological polar surface area (TPSA) is 84.2 Å². The van der Waals surface area contributed by atoms with E-state index in [2.05, 4.69) is 36.6 Å². The van der Waals surface area contributed by atoms with E-state index >= 15 is 0 Å². The molecule has 1 aliphatic carbocycles. The highest BCUT2D eigenvalue weighted by atomic mass is 16.2. The van der Waals surface area contributed by atoms with Gasteiger partial charge in [-0.2, -0.15) is 0 Å². The molecule has 5 nitrogen and oxygen atoms in total. The van der Waals surface area contributed by atoms with Gasteiger partial charge >= 0.3 is 0 Å². The number of benzene rings is 1. The Morgan fingerprint density at radius 3 is 2.45 bits per heavy atom. The van der Waals surface area contributed by atoms with Gasteiger partial charge in [-0.3, -0.25) is 9.59 Å². The summed E-state index contributed by atoms with van der Waals surface area (Å²) in [4.78, 5) is 24.6. The Morgan fingerprint density at radius 1 is 1.19 bits per heavy atom. The summed E-state index contributed by atoms with van der Waals surface area (Å²) in [6.07, 6.45) is 4.87. The summed E-state index contributed by atoms with van der Waals surface area (Å²) in [6, 6.07) is 8.44. The lowest BCUT2D eigenvalue weighted by Gasteiger charge is -2.17. The molecule has 0 aromatic heterocycles. The molecule has 2 aliphatic rings. The molecule has 5 heteroatoms. The first kappa shape index (κ1) is 24.7. The molecule has 1 heterocycles. The number of nitrogens with two attached hydrogens (primary N) is 1. The predicted octanol–water partition coefficient (Wildman–Crippen LogP) is 4.66. The van der Waals surface area contributed by atoms with Gasteiger partial charge in [0.25, 0.3) is 5.91 Å². The Bertz CT molecular complexity index is 837. The van der Waals surface area contributed by atoms with E-state index in [1.807, 2.05) is 32.9 Å². The van der Waals surface area contributed by atoms with Crippen LogP contribution in [0.4, 0.5) is 0 Å². The average Bonchev–Trinajstić information content (AvgIpc) is 3.34. The van der Waals surface area contributed by atoms with E-state index in [0.29, 0.717) is 18.9 Å². The monoisotopic (exact) mass is 425 g/mol. The average molecular weight is 426 g/mol. The van der Waals surface area contributed by atoms with E-state index < -0.39 is 0 Å². The first-order chi connectivity index (χ1) is 14.9. The first-order valence-electron chi connectivity index (χ1n) is 11.7. The van der Waals surface area contributed by atoms with Crippen molar-refractivity contribution in [1.82, 2.24) is 10.6 Å². The van der Waals surface area contributed by atoms with Gasteiger partial charge in [0.15, 0.2) is 0 Å². The van der Waals surface area contributed by atoms with Crippen LogP contribution in [0.25, 0.3) is 0 Å². The van der Waals surface area contributed by atoms with Crippen molar-refractivity contribution < 1.29 is 9.59 Å². The molecule has 1 aromatic carbocycles. The van der Waals surface area contributed by atoms with Gasteiger partial charge in [-0.15, -0.1) is 0 Å². The molecule has 2 atom stereocenters. The predicted molar refractivity (Wildman–Crippen MR) is 127 cm³/mol. The summed E-state index contributed by atoms with van der Waals surface area (Å²) >= 11 is 0. The molecule has 0 saturated carbocycles. The van der Waals surface area contributed by atoms with Crippen LogP contribution in [0.3, 0.4) is 0 Å². The Balaban J connectivity index is 0.00000166. The molecular weight excluding hydrogens is 386 g/mol. The second kappa shape index (κ2) is 11.7. The Kier molecular flexibility index (Phi) is 9.35. The van der Waals surface area contributed by atoms with Crippen molar-refractivity contribution in [1.29, 1.82) is 0 Å². The molecule has 31 heavy (non-hydrogen) atoms. The molecule has 0 radical (unpaired) electrons. The summed E-state index contributed by atoms with van der Waals surface area (Å²) in [6.45, 7) is 10.6. The van der Waals surface area contributed by atoms with Gasteiger partial charge in [-0.25, -0.2) is 0 Å². The molecule has 1 fully saturated rings. The summed E-state index contributed by atoms with van der Waals surface area (Å²) in [5, 5.41) is 6.13. The normalized spacial score (nSPS) is 21.3. The van der Waals surface area contributed by atoms with E-state index in [1.54, 1.807) is 0 Å². The number of nitrogens with one attached hydrogen (secondary N) is 2. The van der Waals surface area contributed by atoms with Gasteiger partial charge < -0.3 is 16.4 Å². The smallest absolute Gasteiger partial charge is 0.251 e. The quantitative estimate of drug-likeness (QED) is 0.556. The third-order valence-corrected chi connectivity index (χ3v) is 6.15. The minimum atomic E-state index is -0.0438. The number of rotatable bonds is 7. The van der Waals surface area contributed by atoms with Gasteiger partial charge in [-0.1, -0.05) is 56.2 Å². The minimum absolute atomic E-state index is 0.0438. The molecular formula is C26H39N3O2. The molecule has 3 rings (SSSR count). The molecule has 0 spiro atoms. The van der Waals surface area contributed by atoms with E-state index in [4.69, 9.17) is 5.73 Å². The van der Waals surface area contributed by atoms with Crippen LogP contribution in [0, 0.1) is 12.8 Å². The van der Waals surface area contributed by atoms with Crippen molar-refractivity contribution in [3.8, 4) is 0 Å². The SMILES string of the molecule is CC.CCC(C)=C(C(=O)NCc1ccc(C)cc1)C1=C(N)CC(CC2CCC(=O)N2)C1. The number of amides is 2. The molecule has 1 aliphatic heterocycles. The largest absolute Gasteiger partial charge is 0.402 e. The summed E-state index contributed by atoms with van der Waals surface area (Å²) in [7, 11) is 0. The van der Waals surface area contributed by atoms with E-state index in [-0.39, 0.29) is 17.9 Å². The Hall–Kier alpha value is -2.56. The fraction of sp³-hybridized carbons (Fsp3) is 0.538. The number of hydrogen-bond acceptors (Lipinski definition) is 3. The number of hydrogen-bond donors (Lipinski definition) is 3.